The summed E-state index contributed by atoms with van der Waals surface area (Å²) in [5, 5.41) is 10.6. The molecule has 6 heteroatoms. The fourth-order valence-corrected chi connectivity index (χ4v) is 1.75. The lowest BCUT2D eigenvalue weighted by molar-refractivity contribution is -0.384. The second kappa shape index (κ2) is 6.60. The molecule has 2 aromatic carbocycles. The van der Waals surface area contributed by atoms with Gasteiger partial charge in [0.1, 0.15) is 23.9 Å². The van der Waals surface area contributed by atoms with E-state index in [0.29, 0.717) is 23.9 Å². The molecule has 0 amide bonds. The van der Waals surface area contributed by atoms with Crippen molar-refractivity contribution < 1.29 is 19.1 Å². The van der Waals surface area contributed by atoms with Gasteiger partial charge in [0, 0.05) is 30.3 Å². The van der Waals surface area contributed by atoms with Gasteiger partial charge in [-0.1, -0.05) is 0 Å². The van der Waals surface area contributed by atoms with Crippen LogP contribution in [0.3, 0.4) is 0 Å². The average molecular weight is 289 g/mol. The zero-order valence-electron chi connectivity index (χ0n) is 11.7. The molecule has 0 bridgehead atoms. The van der Waals surface area contributed by atoms with Crippen LogP contribution in [0.15, 0.2) is 42.5 Å². The van der Waals surface area contributed by atoms with Gasteiger partial charge in [-0.05, 0) is 17.7 Å². The van der Waals surface area contributed by atoms with Crippen LogP contribution in [0.1, 0.15) is 5.56 Å². The van der Waals surface area contributed by atoms with E-state index in [2.05, 4.69) is 0 Å². The maximum Gasteiger partial charge on any atom is 0.269 e. The first-order valence-electron chi connectivity index (χ1n) is 6.21. The van der Waals surface area contributed by atoms with Gasteiger partial charge in [0.2, 0.25) is 0 Å². The number of nitrogens with zero attached hydrogens (tertiary/aromatic N) is 1. The summed E-state index contributed by atoms with van der Waals surface area (Å²) in [5.41, 5.74) is 0.893. The number of benzene rings is 2. The largest absolute Gasteiger partial charge is 0.496 e. The van der Waals surface area contributed by atoms with E-state index in [9.17, 15) is 10.1 Å². The summed E-state index contributed by atoms with van der Waals surface area (Å²) in [6.07, 6.45) is 0. The molecule has 0 saturated carbocycles. The van der Waals surface area contributed by atoms with Crippen LogP contribution in [0.5, 0.6) is 17.2 Å². The number of rotatable bonds is 6. The lowest BCUT2D eigenvalue weighted by atomic mass is 10.2. The highest BCUT2D eigenvalue weighted by Gasteiger charge is 2.06. The summed E-state index contributed by atoms with van der Waals surface area (Å²) in [5.74, 6) is 1.87. The van der Waals surface area contributed by atoms with Gasteiger partial charge >= 0.3 is 0 Å². The average Bonchev–Trinajstić information content (AvgIpc) is 2.52. The SMILES string of the molecule is COc1cc(OC)cc(OCc2ccc([N+](=O)[O-])cc2)c1. The summed E-state index contributed by atoms with van der Waals surface area (Å²) in [7, 11) is 3.13. The van der Waals surface area contributed by atoms with Crippen molar-refractivity contribution in [2.45, 2.75) is 6.61 Å². The van der Waals surface area contributed by atoms with Crippen LogP contribution in [-0.4, -0.2) is 19.1 Å². The fraction of sp³-hybridized carbons (Fsp3) is 0.200. The van der Waals surface area contributed by atoms with Crippen molar-refractivity contribution in [1.82, 2.24) is 0 Å². The molecule has 0 aliphatic rings. The molecule has 0 N–H and O–H groups in total. The first-order chi connectivity index (χ1) is 10.1. The smallest absolute Gasteiger partial charge is 0.269 e. The van der Waals surface area contributed by atoms with E-state index in [4.69, 9.17) is 14.2 Å². The summed E-state index contributed by atoms with van der Waals surface area (Å²) >= 11 is 0. The topological polar surface area (TPSA) is 70.8 Å². The first kappa shape index (κ1) is 14.6. The van der Waals surface area contributed by atoms with Crippen LogP contribution in [-0.2, 0) is 6.61 Å². The summed E-state index contributed by atoms with van der Waals surface area (Å²) in [4.78, 5) is 10.1. The fourth-order valence-electron chi connectivity index (χ4n) is 1.75. The predicted octanol–water partition coefficient (Wildman–Crippen LogP) is 3.19. The van der Waals surface area contributed by atoms with E-state index in [1.807, 2.05) is 0 Å². The quantitative estimate of drug-likeness (QED) is 0.603. The molecule has 0 fully saturated rings. The zero-order valence-corrected chi connectivity index (χ0v) is 11.7. The number of nitro groups is 1. The number of hydrogen-bond acceptors (Lipinski definition) is 5. The Balaban J connectivity index is 2.06. The van der Waals surface area contributed by atoms with Crippen LogP contribution in [0.25, 0.3) is 0 Å². The number of non-ortho nitro benzene ring substituents is 1. The minimum atomic E-state index is -0.433. The molecule has 6 nitrogen and oxygen atoms in total. The molecule has 21 heavy (non-hydrogen) atoms. The summed E-state index contributed by atoms with van der Waals surface area (Å²) < 4.78 is 16.0. The Bertz CT molecular complexity index is 602. The summed E-state index contributed by atoms with van der Waals surface area (Å²) in [6, 6.07) is 11.5. The van der Waals surface area contributed by atoms with Gasteiger partial charge in [-0.15, -0.1) is 0 Å². The third-order valence-corrected chi connectivity index (χ3v) is 2.88. The number of ether oxygens (including phenoxy) is 3. The van der Waals surface area contributed by atoms with E-state index in [1.165, 1.54) is 12.1 Å². The maximum atomic E-state index is 10.6. The predicted molar refractivity (Wildman–Crippen MR) is 77.0 cm³/mol. The van der Waals surface area contributed by atoms with Crippen molar-refractivity contribution >= 4 is 5.69 Å². The van der Waals surface area contributed by atoms with Crippen LogP contribution >= 0.6 is 0 Å². The van der Waals surface area contributed by atoms with Gasteiger partial charge in [0.15, 0.2) is 0 Å². The van der Waals surface area contributed by atoms with Crippen LogP contribution in [0.2, 0.25) is 0 Å². The Kier molecular flexibility index (Phi) is 4.61. The minimum absolute atomic E-state index is 0.0572. The van der Waals surface area contributed by atoms with Crippen molar-refractivity contribution in [3.8, 4) is 17.2 Å². The van der Waals surface area contributed by atoms with Crippen molar-refractivity contribution in [1.29, 1.82) is 0 Å². The third-order valence-electron chi connectivity index (χ3n) is 2.88. The van der Waals surface area contributed by atoms with Gasteiger partial charge < -0.3 is 14.2 Å². The second-order valence-electron chi connectivity index (χ2n) is 4.26. The molecule has 0 radical (unpaired) electrons. The lowest BCUT2D eigenvalue weighted by Crippen LogP contribution is -1.97. The van der Waals surface area contributed by atoms with Gasteiger partial charge in [0.05, 0.1) is 19.1 Å². The number of nitro benzene ring substituents is 1. The van der Waals surface area contributed by atoms with Gasteiger partial charge in [-0.25, -0.2) is 0 Å². The maximum absolute atomic E-state index is 10.6. The second-order valence-corrected chi connectivity index (χ2v) is 4.26. The molecule has 0 aliphatic heterocycles. The molecule has 0 aromatic heterocycles. The number of hydrogen-bond donors (Lipinski definition) is 0. The van der Waals surface area contributed by atoms with Crippen LogP contribution in [0, 0.1) is 10.1 Å². The molecule has 2 aromatic rings. The highest BCUT2D eigenvalue weighted by atomic mass is 16.6. The van der Waals surface area contributed by atoms with E-state index < -0.39 is 4.92 Å². The molecule has 110 valence electrons. The Morgan fingerprint density at radius 2 is 1.48 bits per heavy atom. The van der Waals surface area contributed by atoms with Gasteiger partial charge in [-0.2, -0.15) is 0 Å². The van der Waals surface area contributed by atoms with E-state index in [0.717, 1.165) is 5.56 Å². The standard InChI is InChI=1S/C15H15NO5/c1-19-13-7-14(20-2)9-15(8-13)21-10-11-3-5-12(6-4-11)16(17)18/h3-9H,10H2,1-2H3. The number of methoxy groups -OCH3 is 2. The Labute approximate surface area is 122 Å². The molecular formula is C15H15NO5. The summed E-state index contributed by atoms with van der Waals surface area (Å²) in [6.45, 7) is 0.300. The highest BCUT2D eigenvalue weighted by molar-refractivity contribution is 5.42. The molecule has 0 spiro atoms. The molecule has 0 heterocycles. The Morgan fingerprint density at radius 1 is 0.952 bits per heavy atom. The molecule has 0 atom stereocenters. The van der Waals surface area contributed by atoms with Crippen molar-refractivity contribution in [2.24, 2.45) is 0 Å². The molecule has 0 aliphatic carbocycles. The van der Waals surface area contributed by atoms with Crippen LogP contribution in [0.4, 0.5) is 5.69 Å². The molecule has 0 unspecified atom stereocenters. The highest BCUT2D eigenvalue weighted by Crippen LogP contribution is 2.28. The normalized spacial score (nSPS) is 10.0. The van der Waals surface area contributed by atoms with Gasteiger partial charge in [-0.3, -0.25) is 10.1 Å². The van der Waals surface area contributed by atoms with Crippen LogP contribution < -0.4 is 14.2 Å². The minimum Gasteiger partial charge on any atom is -0.496 e. The van der Waals surface area contributed by atoms with Crippen molar-refractivity contribution in [2.75, 3.05) is 14.2 Å². The van der Waals surface area contributed by atoms with Gasteiger partial charge in [0.25, 0.3) is 5.69 Å². The molecule has 0 saturated heterocycles. The first-order valence-corrected chi connectivity index (χ1v) is 6.21. The lowest BCUT2D eigenvalue weighted by Gasteiger charge is -2.10. The van der Waals surface area contributed by atoms with Crippen molar-refractivity contribution in [3.05, 3.63) is 58.1 Å². The monoisotopic (exact) mass is 289 g/mol. The van der Waals surface area contributed by atoms with Crippen molar-refractivity contribution in [3.63, 3.8) is 0 Å². The van der Waals surface area contributed by atoms with E-state index >= 15 is 0 Å². The molecular weight excluding hydrogens is 274 g/mol. The van der Waals surface area contributed by atoms with E-state index in [1.54, 1.807) is 44.6 Å². The zero-order chi connectivity index (χ0) is 15.2. The van der Waals surface area contributed by atoms with E-state index in [-0.39, 0.29) is 5.69 Å². The third kappa shape index (κ3) is 3.85. The Hall–Kier alpha value is -2.76. The Morgan fingerprint density at radius 3 is 1.95 bits per heavy atom. The molecule has 2 rings (SSSR count).